The fourth-order valence-corrected chi connectivity index (χ4v) is 2.31. The molecule has 2 rings (SSSR count). The van der Waals surface area contributed by atoms with Gasteiger partial charge < -0.3 is 9.47 Å². The Labute approximate surface area is 111 Å². The minimum Gasteiger partial charge on any atom is -0.497 e. The summed E-state index contributed by atoms with van der Waals surface area (Å²) in [5.74, 6) is 0.428. The van der Waals surface area contributed by atoms with Crippen molar-refractivity contribution < 1.29 is 19.1 Å². The summed E-state index contributed by atoms with van der Waals surface area (Å²) in [6, 6.07) is 5.45. The van der Waals surface area contributed by atoms with Gasteiger partial charge in [-0.3, -0.25) is 14.9 Å². The van der Waals surface area contributed by atoms with E-state index in [0.717, 1.165) is 5.56 Å². The van der Waals surface area contributed by atoms with Crippen LogP contribution in [0.4, 0.5) is 0 Å². The molecule has 0 bridgehead atoms. The fourth-order valence-electron chi connectivity index (χ4n) is 2.31. The van der Waals surface area contributed by atoms with Crippen molar-refractivity contribution in [1.82, 2.24) is 5.32 Å². The van der Waals surface area contributed by atoms with E-state index in [0.29, 0.717) is 17.9 Å². The number of imide groups is 1. The van der Waals surface area contributed by atoms with Crippen molar-refractivity contribution in [2.45, 2.75) is 19.3 Å². The monoisotopic (exact) mass is 263 g/mol. The molecule has 5 nitrogen and oxygen atoms in total. The number of rotatable bonds is 3. The van der Waals surface area contributed by atoms with Crippen LogP contribution in [-0.4, -0.2) is 26.0 Å². The Morgan fingerprint density at radius 1 is 1.11 bits per heavy atom. The summed E-state index contributed by atoms with van der Waals surface area (Å²) >= 11 is 0. The summed E-state index contributed by atoms with van der Waals surface area (Å²) in [5, 5.41) is 2.35. The van der Waals surface area contributed by atoms with Crippen molar-refractivity contribution in [2.75, 3.05) is 14.2 Å². The lowest BCUT2D eigenvalue weighted by Gasteiger charge is -2.28. The lowest BCUT2D eigenvalue weighted by atomic mass is 9.81. The van der Waals surface area contributed by atoms with Crippen LogP contribution in [0.15, 0.2) is 18.2 Å². The number of benzene rings is 1. The molecule has 2 atom stereocenters. The van der Waals surface area contributed by atoms with Crippen LogP contribution in [0.5, 0.6) is 11.5 Å². The number of nitrogens with one attached hydrogen (secondary N) is 1. The molecule has 1 aliphatic heterocycles. The smallest absolute Gasteiger partial charge is 0.230 e. The Kier molecular flexibility index (Phi) is 3.74. The summed E-state index contributed by atoms with van der Waals surface area (Å²) in [4.78, 5) is 23.2. The number of methoxy groups -OCH3 is 2. The van der Waals surface area contributed by atoms with Crippen LogP contribution in [-0.2, 0) is 9.59 Å². The number of piperidine rings is 1. The van der Waals surface area contributed by atoms with Crippen molar-refractivity contribution >= 4 is 11.8 Å². The number of carbonyl (C=O) groups is 2. The maximum absolute atomic E-state index is 11.7. The summed E-state index contributed by atoms with van der Waals surface area (Å²) in [7, 11) is 3.14. The molecular weight excluding hydrogens is 246 g/mol. The molecule has 2 unspecified atom stereocenters. The van der Waals surface area contributed by atoms with Crippen molar-refractivity contribution in [3.05, 3.63) is 23.8 Å². The molecule has 1 aromatic rings. The predicted octanol–water partition coefficient (Wildman–Crippen LogP) is 1.47. The van der Waals surface area contributed by atoms with E-state index in [1.165, 1.54) is 0 Å². The van der Waals surface area contributed by atoms with Gasteiger partial charge in [0.25, 0.3) is 0 Å². The van der Waals surface area contributed by atoms with E-state index in [9.17, 15) is 9.59 Å². The first-order valence-corrected chi connectivity index (χ1v) is 6.11. The first-order chi connectivity index (χ1) is 9.05. The minimum atomic E-state index is -0.255. The first-order valence-electron chi connectivity index (χ1n) is 6.11. The molecular formula is C14H17NO4. The quantitative estimate of drug-likeness (QED) is 0.839. The highest BCUT2D eigenvalue weighted by Crippen LogP contribution is 2.35. The highest BCUT2D eigenvalue weighted by Gasteiger charge is 2.34. The van der Waals surface area contributed by atoms with Crippen LogP contribution >= 0.6 is 0 Å². The largest absolute Gasteiger partial charge is 0.497 e. The average molecular weight is 263 g/mol. The summed E-state index contributed by atoms with van der Waals surface area (Å²) < 4.78 is 10.4. The van der Waals surface area contributed by atoms with Crippen molar-refractivity contribution in [2.24, 2.45) is 5.92 Å². The molecule has 0 spiro atoms. The number of ether oxygens (including phenoxy) is 2. The van der Waals surface area contributed by atoms with Gasteiger partial charge in [0.1, 0.15) is 11.5 Å². The van der Waals surface area contributed by atoms with Gasteiger partial charge in [-0.1, -0.05) is 6.92 Å². The molecule has 1 heterocycles. The molecule has 0 aliphatic carbocycles. The van der Waals surface area contributed by atoms with Gasteiger partial charge in [-0.15, -0.1) is 0 Å². The van der Waals surface area contributed by atoms with Gasteiger partial charge in [0.2, 0.25) is 11.8 Å². The van der Waals surface area contributed by atoms with Crippen LogP contribution in [0.3, 0.4) is 0 Å². The van der Waals surface area contributed by atoms with Crippen molar-refractivity contribution in [1.29, 1.82) is 0 Å². The number of hydrogen-bond donors (Lipinski definition) is 1. The molecule has 102 valence electrons. The van der Waals surface area contributed by atoms with Crippen molar-refractivity contribution in [3.63, 3.8) is 0 Å². The van der Waals surface area contributed by atoms with Crippen LogP contribution in [0, 0.1) is 5.92 Å². The maximum atomic E-state index is 11.7. The van der Waals surface area contributed by atoms with Gasteiger partial charge in [0.15, 0.2) is 0 Å². The zero-order valence-corrected chi connectivity index (χ0v) is 11.2. The second-order valence-electron chi connectivity index (χ2n) is 4.66. The van der Waals surface area contributed by atoms with E-state index in [4.69, 9.17) is 9.47 Å². The predicted molar refractivity (Wildman–Crippen MR) is 69.2 cm³/mol. The van der Waals surface area contributed by atoms with Crippen molar-refractivity contribution in [3.8, 4) is 11.5 Å². The van der Waals surface area contributed by atoms with E-state index in [1.54, 1.807) is 20.3 Å². The van der Waals surface area contributed by atoms with Crippen LogP contribution in [0.25, 0.3) is 0 Å². The summed E-state index contributed by atoms with van der Waals surface area (Å²) in [5.41, 5.74) is 0.881. The van der Waals surface area contributed by atoms with Gasteiger partial charge in [-0.25, -0.2) is 0 Å². The van der Waals surface area contributed by atoms with Gasteiger partial charge in [-0.05, 0) is 17.7 Å². The number of carbonyl (C=O) groups excluding carboxylic acids is 2. The van der Waals surface area contributed by atoms with Gasteiger partial charge in [0.05, 0.1) is 14.2 Å². The van der Waals surface area contributed by atoms with E-state index >= 15 is 0 Å². The van der Waals surface area contributed by atoms with E-state index in [1.807, 2.05) is 19.1 Å². The molecule has 1 N–H and O–H groups in total. The SMILES string of the molecule is COc1cc(OC)cc(C2CC(=O)NC(=O)C2C)c1. The summed E-state index contributed by atoms with van der Waals surface area (Å²) in [6.07, 6.45) is 0.295. The lowest BCUT2D eigenvalue weighted by Crippen LogP contribution is -2.43. The third-order valence-electron chi connectivity index (χ3n) is 3.49. The summed E-state index contributed by atoms with van der Waals surface area (Å²) in [6.45, 7) is 1.82. The standard InChI is InChI=1S/C14H17NO4/c1-8-12(7-13(16)15-14(8)17)9-4-10(18-2)6-11(5-9)19-3/h4-6,8,12H,7H2,1-3H3,(H,15,16,17). The molecule has 0 radical (unpaired) electrons. The van der Waals surface area contributed by atoms with E-state index < -0.39 is 0 Å². The molecule has 19 heavy (non-hydrogen) atoms. The highest BCUT2D eigenvalue weighted by molar-refractivity contribution is 5.99. The molecule has 0 saturated carbocycles. The Bertz CT molecular complexity index is 490. The van der Waals surface area contributed by atoms with Crippen LogP contribution in [0.1, 0.15) is 24.8 Å². The molecule has 1 saturated heterocycles. The minimum absolute atomic E-state index is 0.148. The van der Waals surface area contributed by atoms with Gasteiger partial charge >= 0.3 is 0 Å². The van der Waals surface area contributed by atoms with Gasteiger partial charge in [0, 0.05) is 24.3 Å². The average Bonchev–Trinajstić information content (AvgIpc) is 2.42. The third kappa shape index (κ3) is 2.70. The molecule has 1 aromatic carbocycles. The zero-order chi connectivity index (χ0) is 14.0. The molecule has 0 aromatic heterocycles. The molecule has 1 aliphatic rings. The van der Waals surface area contributed by atoms with Crippen LogP contribution < -0.4 is 14.8 Å². The van der Waals surface area contributed by atoms with E-state index in [-0.39, 0.29) is 23.7 Å². The highest BCUT2D eigenvalue weighted by atomic mass is 16.5. The second-order valence-corrected chi connectivity index (χ2v) is 4.66. The first kappa shape index (κ1) is 13.4. The topological polar surface area (TPSA) is 64.6 Å². The Morgan fingerprint density at radius 3 is 2.21 bits per heavy atom. The van der Waals surface area contributed by atoms with E-state index in [2.05, 4.69) is 5.32 Å². The Morgan fingerprint density at radius 2 is 1.68 bits per heavy atom. The van der Waals surface area contributed by atoms with Crippen LogP contribution in [0.2, 0.25) is 0 Å². The molecule has 1 fully saturated rings. The Hall–Kier alpha value is -2.04. The second kappa shape index (κ2) is 5.30. The zero-order valence-electron chi connectivity index (χ0n) is 11.2. The lowest BCUT2D eigenvalue weighted by molar-refractivity contribution is -0.136. The molecule has 5 heteroatoms. The fraction of sp³-hybridized carbons (Fsp3) is 0.429. The number of hydrogen-bond acceptors (Lipinski definition) is 4. The Balaban J connectivity index is 2.39. The third-order valence-corrected chi connectivity index (χ3v) is 3.49. The molecule has 2 amide bonds. The van der Waals surface area contributed by atoms with Gasteiger partial charge in [-0.2, -0.15) is 0 Å². The normalized spacial score (nSPS) is 22.9. The number of amides is 2. The maximum Gasteiger partial charge on any atom is 0.230 e.